The molecule has 0 aromatic heterocycles. The van der Waals surface area contributed by atoms with Gasteiger partial charge in [0.2, 0.25) is 0 Å². The molecule has 0 unspecified atom stereocenters. The molecule has 0 heterocycles. The minimum Gasteiger partial charge on any atom is -0.381 e. The van der Waals surface area contributed by atoms with E-state index in [0.717, 1.165) is 26.1 Å². The lowest BCUT2D eigenvalue weighted by molar-refractivity contribution is 0.100. The van der Waals surface area contributed by atoms with Crippen LogP contribution in [0.3, 0.4) is 0 Å². The summed E-state index contributed by atoms with van der Waals surface area (Å²) in [6.45, 7) is 5.83. The highest BCUT2D eigenvalue weighted by Crippen LogP contribution is 2.32. The lowest BCUT2D eigenvalue weighted by Gasteiger charge is -2.27. The number of hydrogen-bond donors (Lipinski definition) is 0. The van der Waals surface area contributed by atoms with Crippen molar-refractivity contribution in [1.82, 2.24) is 0 Å². The van der Waals surface area contributed by atoms with Gasteiger partial charge in [-0.3, -0.25) is 0 Å². The summed E-state index contributed by atoms with van der Waals surface area (Å²) in [6.07, 6.45) is 1.94. The average Bonchev–Trinajstić information content (AvgIpc) is 2.37. The van der Waals surface area contributed by atoms with Gasteiger partial charge in [0.1, 0.15) is 0 Å². The molecule has 0 fully saturated rings. The van der Waals surface area contributed by atoms with Crippen molar-refractivity contribution >= 4 is 0 Å². The molecular formula is C16H20O. The lowest BCUT2D eigenvalue weighted by Crippen LogP contribution is -2.20. The van der Waals surface area contributed by atoms with Crippen LogP contribution >= 0.6 is 0 Å². The molecule has 0 saturated heterocycles. The molecule has 0 spiro atoms. The minimum atomic E-state index is 0.544. The Morgan fingerprint density at radius 2 is 2.12 bits per heavy atom. The van der Waals surface area contributed by atoms with Crippen LogP contribution < -0.4 is 0 Å². The van der Waals surface area contributed by atoms with Crippen molar-refractivity contribution in [1.29, 1.82) is 0 Å². The highest BCUT2D eigenvalue weighted by molar-refractivity contribution is 5.29. The van der Waals surface area contributed by atoms with E-state index in [0.29, 0.717) is 11.8 Å². The van der Waals surface area contributed by atoms with E-state index >= 15 is 0 Å². The zero-order valence-corrected chi connectivity index (χ0v) is 10.7. The van der Waals surface area contributed by atoms with Gasteiger partial charge in [0.15, 0.2) is 0 Å². The van der Waals surface area contributed by atoms with E-state index in [-0.39, 0.29) is 0 Å². The SMILES string of the molecule is CCOC[C@@H]1CC#CC[C@H]1c1cccc(C)c1. The summed E-state index contributed by atoms with van der Waals surface area (Å²) in [7, 11) is 0. The smallest absolute Gasteiger partial charge is 0.0509 e. The Labute approximate surface area is 104 Å². The molecule has 0 N–H and O–H groups in total. The fraction of sp³-hybridized carbons (Fsp3) is 0.500. The number of aryl methyl sites for hydroxylation is 1. The number of hydrogen-bond acceptors (Lipinski definition) is 1. The molecule has 0 saturated carbocycles. The Hall–Kier alpha value is -1.26. The average molecular weight is 228 g/mol. The van der Waals surface area contributed by atoms with Gasteiger partial charge in [-0.2, -0.15) is 0 Å². The number of benzene rings is 1. The van der Waals surface area contributed by atoms with Gasteiger partial charge in [-0.25, -0.2) is 0 Å². The fourth-order valence-electron chi connectivity index (χ4n) is 2.43. The summed E-state index contributed by atoms with van der Waals surface area (Å²) in [5.41, 5.74) is 2.75. The second kappa shape index (κ2) is 5.89. The minimum absolute atomic E-state index is 0.544. The first-order chi connectivity index (χ1) is 8.31. The summed E-state index contributed by atoms with van der Waals surface area (Å²) in [5, 5.41) is 0. The van der Waals surface area contributed by atoms with Crippen molar-refractivity contribution in [3.63, 3.8) is 0 Å². The van der Waals surface area contributed by atoms with Crippen molar-refractivity contribution in [2.45, 2.75) is 32.6 Å². The van der Waals surface area contributed by atoms with Gasteiger partial charge >= 0.3 is 0 Å². The second-order valence-corrected chi connectivity index (χ2v) is 4.70. The highest BCUT2D eigenvalue weighted by atomic mass is 16.5. The molecule has 2 rings (SSSR count). The Balaban J connectivity index is 2.15. The molecule has 17 heavy (non-hydrogen) atoms. The first-order valence-corrected chi connectivity index (χ1v) is 6.41. The highest BCUT2D eigenvalue weighted by Gasteiger charge is 2.24. The van der Waals surface area contributed by atoms with Crippen LogP contribution in [0.2, 0.25) is 0 Å². The Morgan fingerprint density at radius 1 is 1.29 bits per heavy atom. The van der Waals surface area contributed by atoms with Gasteiger partial charge in [0, 0.05) is 31.3 Å². The Morgan fingerprint density at radius 3 is 2.88 bits per heavy atom. The summed E-state index contributed by atoms with van der Waals surface area (Å²) < 4.78 is 5.59. The molecule has 0 bridgehead atoms. The monoisotopic (exact) mass is 228 g/mol. The molecule has 1 aromatic rings. The molecular weight excluding hydrogens is 208 g/mol. The third-order valence-corrected chi connectivity index (χ3v) is 3.39. The van der Waals surface area contributed by atoms with Gasteiger partial charge in [-0.05, 0) is 19.4 Å². The summed E-state index contributed by atoms with van der Waals surface area (Å²) in [4.78, 5) is 0. The van der Waals surface area contributed by atoms with Gasteiger partial charge < -0.3 is 4.74 Å². The van der Waals surface area contributed by atoms with E-state index in [2.05, 4.69) is 50.0 Å². The zero-order valence-electron chi connectivity index (χ0n) is 10.7. The van der Waals surface area contributed by atoms with Crippen LogP contribution in [0.25, 0.3) is 0 Å². The lowest BCUT2D eigenvalue weighted by atomic mass is 9.79. The van der Waals surface area contributed by atoms with Crippen molar-refractivity contribution in [2.75, 3.05) is 13.2 Å². The van der Waals surface area contributed by atoms with Gasteiger partial charge in [0.25, 0.3) is 0 Å². The van der Waals surface area contributed by atoms with E-state index in [1.807, 2.05) is 0 Å². The van der Waals surface area contributed by atoms with Gasteiger partial charge in [-0.15, -0.1) is 11.8 Å². The van der Waals surface area contributed by atoms with Crippen molar-refractivity contribution < 1.29 is 4.74 Å². The molecule has 0 aliphatic heterocycles. The summed E-state index contributed by atoms with van der Waals surface area (Å²) in [5.74, 6) is 7.58. The van der Waals surface area contributed by atoms with Gasteiger partial charge in [0.05, 0.1) is 6.61 Å². The molecule has 0 radical (unpaired) electrons. The first-order valence-electron chi connectivity index (χ1n) is 6.41. The standard InChI is InChI=1S/C16H20O/c1-3-17-12-15-8-4-5-10-16(15)14-9-6-7-13(2)11-14/h6-7,9,11,15-16H,3,8,10,12H2,1-2H3/t15-,16-/m0/s1. The molecule has 2 atom stereocenters. The van der Waals surface area contributed by atoms with E-state index in [1.165, 1.54) is 11.1 Å². The number of ether oxygens (including phenoxy) is 1. The van der Waals surface area contributed by atoms with Crippen LogP contribution in [0.4, 0.5) is 0 Å². The summed E-state index contributed by atoms with van der Waals surface area (Å²) >= 11 is 0. The molecule has 0 amide bonds. The maximum Gasteiger partial charge on any atom is 0.0509 e. The van der Waals surface area contributed by atoms with E-state index < -0.39 is 0 Å². The first kappa shape index (κ1) is 12.2. The van der Waals surface area contributed by atoms with Crippen molar-refractivity contribution in [3.8, 4) is 11.8 Å². The van der Waals surface area contributed by atoms with Crippen LogP contribution in [-0.2, 0) is 4.74 Å². The Bertz CT molecular complexity index is 425. The van der Waals surface area contributed by atoms with E-state index in [1.54, 1.807) is 0 Å². The number of rotatable bonds is 4. The van der Waals surface area contributed by atoms with E-state index in [4.69, 9.17) is 4.74 Å². The molecule has 1 aliphatic rings. The predicted octanol–water partition coefficient (Wildman–Crippen LogP) is 3.53. The third-order valence-electron chi connectivity index (χ3n) is 3.39. The van der Waals surface area contributed by atoms with Crippen LogP contribution in [0, 0.1) is 24.7 Å². The topological polar surface area (TPSA) is 9.23 Å². The van der Waals surface area contributed by atoms with E-state index in [9.17, 15) is 0 Å². The third kappa shape index (κ3) is 3.11. The summed E-state index contributed by atoms with van der Waals surface area (Å²) in [6, 6.07) is 8.81. The van der Waals surface area contributed by atoms with Crippen LogP contribution in [-0.4, -0.2) is 13.2 Å². The molecule has 1 aliphatic carbocycles. The van der Waals surface area contributed by atoms with Crippen molar-refractivity contribution in [3.05, 3.63) is 35.4 Å². The molecule has 90 valence electrons. The molecule has 1 heteroatoms. The largest absolute Gasteiger partial charge is 0.381 e. The van der Waals surface area contributed by atoms with Gasteiger partial charge in [-0.1, -0.05) is 29.8 Å². The molecule has 1 nitrogen and oxygen atoms in total. The Kier molecular flexibility index (Phi) is 4.23. The van der Waals surface area contributed by atoms with Crippen LogP contribution in [0.15, 0.2) is 24.3 Å². The fourth-order valence-corrected chi connectivity index (χ4v) is 2.43. The maximum atomic E-state index is 5.59. The second-order valence-electron chi connectivity index (χ2n) is 4.70. The van der Waals surface area contributed by atoms with Crippen LogP contribution in [0.1, 0.15) is 36.8 Å². The van der Waals surface area contributed by atoms with Crippen molar-refractivity contribution in [2.24, 2.45) is 5.92 Å². The maximum absolute atomic E-state index is 5.59. The zero-order chi connectivity index (χ0) is 12.1. The normalized spacial score (nSPS) is 22.9. The molecule has 1 aromatic carbocycles. The van der Waals surface area contributed by atoms with Crippen LogP contribution in [0.5, 0.6) is 0 Å². The quantitative estimate of drug-likeness (QED) is 0.716. The predicted molar refractivity (Wildman–Crippen MR) is 70.9 cm³/mol.